The molecule has 0 saturated carbocycles. The second-order valence-corrected chi connectivity index (χ2v) is 7.65. The molecular formula is C24H27N3O4. The number of hydrogen-bond acceptors (Lipinski definition) is 6. The van der Waals surface area contributed by atoms with E-state index in [1.165, 1.54) is 0 Å². The van der Waals surface area contributed by atoms with Crippen molar-refractivity contribution in [1.82, 2.24) is 9.55 Å². The summed E-state index contributed by atoms with van der Waals surface area (Å²) in [4.78, 5) is 16.3. The molecule has 162 valence electrons. The number of rotatable bonds is 9. The molecule has 4 rings (SSSR count). The molecule has 1 fully saturated rings. The number of anilines is 1. The van der Waals surface area contributed by atoms with Crippen LogP contribution < -0.4 is 11.4 Å². The Balaban J connectivity index is 1.43. The molecular weight excluding hydrogens is 394 g/mol. The highest BCUT2D eigenvalue weighted by atomic mass is 16.5. The molecule has 0 bridgehead atoms. The fourth-order valence-electron chi connectivity index (χ4n) is 3.83. The first-order chi connectivity index (χ1) is 15.2. The molecule has 2 heterocycles. The summed E-state index contributed by atoms with van der Waals surface area (Å²) in [6.07, 6.45) is 1.49. The fraction of sp³-hybridized carbons (Fsp3) is 0.333. The van der Waals surface area contributed by atoms with E-state index in [9.17, 15) is 4.79 Å². The minimum Gasteiger partial charge on any atom is -0.383 e. The van der Waals surface area contributed by atoms with Crippen LogP contribution in [0.15, 0.2) is 77.7 Å². The SMILES string of the molecule is Nc1ccn(C2COC(COCc3ccccc3)C2COCc2ccccc2)c(=O)n1. The Morgan fingerprint density at radius 2 is 1.55 bits per heavy atom. The van der Waals surface area contributed by atoms with Gasteiger partial charge in [-0.3, -0.25) is 4.57 Å². The number of aromatic nitrogens is 2. The highest BCUT2D eigenvalue weighted by molar-refractivity contribution is 5.23. The van der Waals surface area contributed by atoms with Gasteiger partial charge in [0.1, 0.15) is 5.82 Å². The number of nitrogens with zero attached hydrogens (tertiary/aromatic N) is 2. The van der Waals surface area contributed by atoms with Crippen LogP contribution in [0.4, 0.5) is 5.82 Å². The molecule has 1 aliphatic heterocycles. The highest BCUT2D eigenvalue weighted by Gasteiger charge is 2.39. The smallest absolute Gasteiger partial charge is 0.349 e. The van der Waals surface area contributed by atoms with Gasteiger partial charge < -0.3 is 19.9 Å². The van der Waals surface area contributed by atoms with Crippen molar-refractivity contribution >= 4 is 5.82 Å². The van der Waals surface area contributed by atoms with E-state index in [0.29, 0.717) is 33.0 Å². The van der Waals surface area contributed by atoms with Crippen molar-refractivity contribution in [1.29, 1.82) is 0 Å². The predicted molar refractivity (Wildman–Crippen MR) is 117 cm³/mol. The van der Waals surface area contributed by atoms with Crippen LogP contribution >= 0.6 is 0 Å². The average Bonchev–Trinajstić information content (AvgIpc) is 3.18. The van der Waals surface area contributed by atoms with Gasteiger partial charge in [0.2, 0.25) is 0 Å². The first kappa shape index (κ1) is 21.2. The van der Waals surface area contributed by atoms with Crippen molar-refractivity contribution < 1.29 is 14.2 Å². The summed E-state index contributed by atoms with van der Waals surface area (Å²) in [5, 5.41) is 0. The molecule has 2 aromatic carbocycles. The van der Waals surface area contributed by atoms with Crippen molar-refractivity contribution in [3.63, 3.8) is 0 Å². The van der Waals surface area contributed by atoms with Gasteiger partial charge in [-0.1, -0.05) is 60.7 Å². The van der Waals surface area contributed by atoms with Crippen LogP contribution in [0.3, 0.4) is 0 Å². The zero-order valence-corrected chi connectivity index (χ0v) is 17.3. The Bertz CT molecular complexity index is 1010. The van der Waals surface area contributed by atoms with Gasteiger partial charge in [0, 0.05) is 12.1 Å². The first-order valence-electron chi connectivity index (χ1n) is 10.4. The van der Waals surface area contributed by atoms with E-state index in [4.69, 9.17) is 19.9 Å². The fourth-order valence-corrected chi connectivity index (χ4v) is 3.83. The molecule has 1 aliphatic rings. The third kappa shape index (κ3) is 5.58. The Labute approximate surface area is 181 Å². The van der Waals surface area contributed by atoms with E-state index >= 15 is 0 Å². The molecule has 0 amide bonds. The van der Waals surface area contributed by atoms with Gasteiger partial charge in [-0.25, -0.2) is 4.79 Å². The molecule has 0 radical (unpaired) electrons. The number of nitrogens with two attached hydrogens (primary N) is 1. The number of hydrogen-bond donors (Lipinski definition) is 1. The standard InChI is InChI=1S/C24H27N3O4/c25-23-11-12-27(24(28)26-23)21-16-31-22(17-30-14-19-9-5-2-6-10-19)20(21)15-29-13-18-7-3-1-4-8-18/h1-12,20-22H,13-17H2,(H2,25,26,28). The van der Waals surface area contributed by atoms with E-state index in [2.05, 4.69) is 4.98 Å². The number of benzene rings is 2. The van der Waals surface area contributed by atoms with E-state index in [1.807, 2.05) is 60.7 Å². The van der Waals surface area contributed by atoms with Crippen LogP contribution in [0, 0.1) is 5.92 Å². The van der Waals surface area contributed by atoms with E-state index < -0.39 is 0 Å². The first-order valence-corrected chi connectivity index (χ1v) is 10.4. The largest absolute Gasteiger partial charge is 0.383 e. The summed E-state index contributed by atoms with van der Waals surface area (Å²) in [6.45, 7) is 2.25. The summed E-state index contributed by atoms with van der Waals surface area (Å²) >= 11 is 0. The zero-order valence-electron chi connectivity index (χ0n) is 17.3. The monoisotopic (exact) mass is 421 g/mol. The van der Waals surface area contributed by atoms with Crippen LogP contribution in [0.2, 0.25) is 0 Å². The third-order valence-corrected chi connectivity index (χ3v) is 5.48. The minimum atomic E-state index is -0.382. The molecule has 7 nitrogen and oxygen atoms in total. The molecule has 0 aliphatic carbocycles. The van der Waals surface area contributed by atoms with E-state index in [0.717, 1.165) is 11.1 Å². The van der Waals surface area contributed by atoms with Crippen LogP contribution in [0.25, 0.3) is 0 Å². The molecule has 2 N–H and O–H groups in total. The Morgan fingerprint density at radius 1 is 0.935 bits per heavy atom. The topological polar surface area (TPSA) is 88.6 Å². The molecule has 1 aromatic heterocycles. The van der Waals surface area contributed by atoms with Gasteiger partial charge in [-0.15, -0.1) is 0 Å². The lowest BCUT2D eigenvalue weighted by Gasteiger charge is -2.24. The van der Waals surface area contributed by atoms with E-state index in [-0.39, 0.29) is 29.6 Å². The van der Waals surface area contributed by atoms with Crippen molar-refractivity contribution in [2.45, 2.75) is 25.4 Å². The summed E-state index contributed by atoms with van der Waals surface area (Å²) in [5.74, 6) is 0.155. The van der Waals surface area contributed by atoms with Crippen molar-refractivity contribution in [2.24, 2.45) is 5.92 Å². The van der Waals surface area contributed by atoms with Gasteiger partial charge in [-0.2, -0.15) is 4.98 Å². The zero-order chi connectivity index (χ0) is 21.5. The van der Waals surface area contributed by atoms with Crippen LogP contribution in [0.5, 0.6) is 0 Å². The lowest BCUT2D eigenvalue weighted by Crippen LogP contribution is -2.35. The number of ether oxygens (including phenoxy) is 3. The molecule has 3 unspecified atom stereocenters. The van der Waals surface area contributed by atoms with Gasteiger partial charge in [0.25, 0.3) is 0 Å². The second-order valence-electron chi connectivity index (χ2n) is 7.65. The maximum absolute atomic E-state index is 12.4. The molecule has 3 aromatic rings. The molecule has 0 spiro atoms. The van der Waals surface area contributed by atoms with Crippen molar-refractivity contribution in [2.75, 3.05) is 25.6 Å². The Hall–Kier alpha value is -3.00. The van der Waals surface area contributed by atoms with Crippen LogP contribution in [-0.2, 0) is 27.4 Å². The molecule has 31 heavy (non-hydrogen) atoms. The maximum Gasteiger partial charge on any atom is 0.349 e. The molecule has 3 atom stereocenters. The van der Waals surface area contributed by atoms with Gasteiger partial charge in [-0.05, 0) is 17.2 Å². The van der Waals surface area contributed by atoms with Crippen LogP contribution in [-0.4, -0.2) is 35.5 Å². The summed E-state index contributed by atoms with van der Waals surface area (Å²) < 4.78 is 19.6. The minimum absolute atomic E-state index is 0.0531. The van der Waals surface area contributed by atoms with Gasteiger partial charge >= 0.3 is 5.69 Å². The second kappa shape index (κ2) is 10.3. The van der Waals surface area contributed by atoms with E-state index in [1.54, 1.807) is 16.8 Å². The molecule has 1 saturated heterocycles. The summed E-state index contributed by atoms with van der Waals surface area (Å²) in [7, 11) is 0. The third-order valence-electron chi connectivity index (χ3n) is 5.48. The summed E-state index contributed by atoms with van der Waals surface area (Å²) in [5.41, 5.74) is 7.47. The maximum atomic E-state index is 12.4. The Kier molecular flexibility index (Phi) is 7.09. The Morgan fingerprint density at radius 3 is 2.16 bits per heavy atom. The average molecular weight is 421 g/mol. The predicted octanol–water partition coefficient (Wildman–Crippen LogP) is 2.82. The lowest BCUT2D eigenvalue weighted by atomic mass is 9.98. The highest BCUT2D eigenvalue weighted by Crippen LogP contribution is 2.31. The van der Waals surface area contributed by atoms with Crippen molar-refractivity contribution in [3.05, 3.63) is 94.5 Å². The van der Waals surface area contributed by atoms with Gasteiger partial charge in [0.05, 0.1) is 45.2 Å². The van der Waals surface area contributed by atoms with Crippen LogP contribution in [0.1, 0.15) is 17.2 Å². The number of nitrogen functional groups attached to an aromatic ring is 1. The van der Waals surface area contributed by atoms with Gasteiger partial charge in [0.15, 0.2) is 0 Å². The quantitative estimate of drug-likeness (QED) is 0.572. The normalized spacial score (nSPS) is 20.7. The lowest BCUT2D eigenvalue weighted by molar-refractivity contribution is -0.0240. The molecule has 7 heteroatoms. The van der Waals surface area contributed by atoms with Crippen molar-refractivity contribution in [3.8, 4) is 0 Å². The summed E-state index contributed by atoms with van der Waals surface area (Å²) in [6, 6.07) is 21.4.